The minimum Gasteiger partial charge on any atom is -0.414 e. The Morgan fingerprint density at radius 2 is 1.50 bits per heavy atom. The van der Waals surface area contributed by atoms with Gasteiger partial charge in [-0.25, -0.2) is 0 Å². The van der Waals surface area contributed by atoms with Gasteiger partial charge in [0.1, 0.15) is 18.5 Å². The van der Waals surface area contributed by atoms with Gasteiger partial charge in [-0.1, -0.05) is 41.5 Å². The summed E-state index contributed by atoms with van der Waals surface area (Å²) in [5.41, 5.74) is 0. The fourth-order valence-electron chi connectivity index (χ4n) is 2.17. The van der Waals surface area contributed by atoms with Gasteiger partial charge in [0.2, 0.25) is 0 Å². The van der Waals surface area contributed by atoms with E-state index in [0.29, 0.717) is 13.0 Å². The molecule has 1 aliphatic rings. The van der Waals surface area contributed by atoms with Gasteiger partial charge in [-0.3, -0.25) is 0 Å². The monoisotopic (exact) mass is 374 g/mol. The first-order valence-corrected chi connectivity index (χ1v) is 14.8. The SMILES string of the molecule is CC(C)(C)[Si](C)(C)OC[C@H]1O[C@@H](C=O)C[C@@H]1O[Si](C)(C)C(C)(C)C. The molecule has 0 spiro atoms. The fraction of sp³-hybridized carbons (Fsp3) is 0.944. The molecule has 6 heteroatoms. The highest BCUT2D eigenvalue weighted by molar-refractivity contribution is 6.74. The van der Waals surface area contributed by atoms with Crippen LogP contribution in [0.2, 0.25) is 36.3 Å². The van der Waals surface area contributed by atoms with Crippen LogP contribution in [0.1, 0.15) is 48.0 Å². The molecule has 1 rings (SSSR count). The van der Waals surface area contributed by atoms with Crippen LogP contribution in [0.25, 0.3) is 0 Å². The Morgan fingerprint density at radius 1 is 1.00 bits per heavy atom. The van der Waals surface area contributed by atoms with Crippen molar-refractivity contribution in [3.8, 4) is 0 Å². The molecule has 0 aromatic rings. The van der Waals surface area contributed by atoms with Crippen molar-refractivity contribution in [2.75, 3.05) is 6.61 Å². The summed E-state index contributed by atoms with van der Waals surface area (Å²) < 4.78 is 18.8. The van der Waals surface area contributed by atoms with Crippen molar-refractivity contribution in [2.24, 2.45) is 0 Å². The second-order valence-electron chi connectivity index (χ2n) is 10.1. The molecule has 0 bridgehead atoms. The number of carbonyl (C=O) groups excluding carboxylic acids is 1. The second-order valence-corrected chi connectivity index (χ2v) is 19.6. The van der Waals surface area contributed by atoms with E-state index < -0.39 is 16.6 Å². The maximum Gasteiger partial charge on any atom is 0.192 e. The van der Waals surface area contributed by atoms with E-state index in [4.69, 9.17) is 13.6 Å². The van der Waals surface area contributed by atoms with Gasteiger partial charge in [-0.15, -0.1) is 0 Å². The first-order chi connectivity index (χ1) is 10.6. The average Bonchev–Trinajstić information content (AvgIpc) is 2.75. The minimum atomic E-state index is -1.91. The summed E-state index contributed by atoms with van der Waals surface area (Å²) in [4.78, 5) is 11.2. The second kappa shape index (κ2) is 7.31. The zero-order valence-electron chi connectivity index (χ0n) is 17.4. The summed E-state index contributed by atoms with van der Waals surface area (Å²) in [6, 6.07) is 0. The molecule has 0 saturated carbocycles. The van der Waals surface area contributed by atoms with E-state index in [2.05, 4.69) is 67.7 Å². The Balaban J connectivity index is 2.82. The van der Waals surface area contributed by atoms with Crippen molar-refractivity contribution in [1.29, 1.82) is 0 Å². The summed E-state index contributed by atoms with van der Waals surface area (Å²) >= 11 is 0. The Kier molecular flexibility index (Phi) is 6.71. The van der Waals surface area contributed by atoms with E-state index in [-0.39, 0.29) is 28.4 Å². The van der Waals surface area contributed by atoms with Gasteiger partial charge in [-0.2, -0.15) is 0 Å². The lowest BCUT2D eigenvalue weighted by molar-refractivity contribution is -0.118. The zero-order valence-corrected chi connectivity index (χ0v) is 19.4. The molecule has 24 heavy (non-hydrogen) atoms. The van der Waals surface area contributed by atoms with Crippen LogP contribution >= 0.6 is 0 Å². The number of hydrogen-bond acceptors (Lipinski definition) is 4. The maximum atomic E-state index is 11.2. The molecule has 4 nitrogen and oxygen atoms in total. The van der Waals surface area contributed by atoms with Gasteiger partial charge in [0, 0.05) is 6.42 Å². The van der Waals surface area contributed by atoms with Crippen molar-refractivity contribution in [3.63, 3.8) is 0 Å². The smallest absolute Gasteiger partial charge is 0.192 e. The van der Waals surface area contributed by atoms with E-state index in [1.54, 1.807) is 0 Å². The molecule has 1 saturated heterocycles. The largest absolute Gasteiger partial charge is 0.414 e. The quantitative estimate of drug-likeness (QED) is 0.497. The Hall–Kier alpha value is -0.0162. The highest BCUT2D eigenvalue weighted by atomic mass is 28.4. The van der Waals surface area contributed by atoms with E-state index in [1.165, 1.54) is 0 Å². The molecule has 0 N–H and O–H groups in total. The van der Waals surface area contributed by atoms with Crippen LogP contribution in [0.4, 0.5) is 0 Å². The Labute approximate surface area is 150 Å². The molecule has 1 fully saturated rings. The topological polar surface area (TPSA) is 44.8 Å². The third kappa shape index (κ3) is 5.24. The molecule has 0 unspecified atom stereocenters. The number of rotatable bonds is 6. The molecular weight excluding hydrogens is 336 g/mol. The summed E-state index contributed by atoms with van der Waals surface area (Å²) in [6.07, 6.45) is 0.970. The molecular formula is C18H38O4Si2. The molecule has 0 aliphatic carbocycles. The Morgan fingerprint density at radius 3 is 1.92 bits per heavy atom. The highest BCUT2D eigenvalue weighted by Gasteiger charge is 2.46. The van der Waals surface area contributed by atoms with Crippen molar-refractivity contribution in [3.05, 3.63) is 0 Å². The third-order valence-electron chi connectivity index (χ3n) is 6.05. The van der Waals surface area contributed by atoms with Crippen LogP contribution in [0, 0.1) is 0 Å². The molecule has 0 amide bonds. The summed E-state index contributed by atoms with van der Waals surface area (Å²) in [5, 5.41) is 0.294. The van der Waals surface area contributed by atoms with Crippen molar-refractivity contribution >= 4 is 22.9 Å². The van der Waals surface area contributed by atoms with Gasteiger partial charge in [-0.05, 0) is 36.3 Å². The van der Waals surface area contributed by atoms with Gasteiger partial charge in [0.15, 0.2) is 16.6 Å². The minimum absolute atomic E-state index is 0.0501. The first kappa shape index (κ1) is 22.0. The molecule has 0 aromatic heterocycles. The van der Waals surface area contributed by atoms with E-state index in [9.17, 15) is 4.79 Å². The standard InChI is InChI=1S/C18H38O4Si2/c1-17(2,3)23(7,8)20-13-16-15(11-14(12-19)21-16)22-24(9,10)18(4,5)6/h12,14-16H,11,13H2,1-10H3/t14-,15+,16-/m1/s1. The van der Waals surface area contributed by atoms with Crippen LogP contribution in [-0.2, 0) is 18.4 Å². The lowest BCUT2D eigenvalue weighted by Gasteiger charge is -2.40. The fourth-order valence-corrected chi connectivity index (χ4v) is 4.54. The Bertz CT molecular complexity index is 435. The van der Waals surface area contributed by atoms with Crippen LogP contribution in [0.15, 0.2) is 0 Å². The van der Waals surface area contributed by atoms with Gasteiger partial charge in [0.05, 0.1) is 12.7 Å². The van der Waals surface area contributed by atoms with Crippen molar-refractivity contribution < 1.29 is 18.4 Å². The molecule has 0 radical (unpaired) electrons. The summed E-state index contributed by atoms with van der Waals surface area (Å²) in [7, 11) is -3.75. The number of carbonyl (C=O) groups is 1. The van der Waals surface area contributed by atoms with Gasteiger partial charge >= 0.3 is 0 Å². The lowest BCUT2D eigenvalue weighted by Crippen LogP contribution is -2.48. The van der Waals surface area contributed by atoms with Crippen LogP contribution < -0.4 is 0 Å². The van der Waals surface area contributed by atoms with E-state index in [0.717, 1.165) is 6.29 Å². The third-order valence-corrected chi connectivity index (χ3v) is 15.1. The predicted octanol–water partition coefficient (Wildman–Crippen LogP) is 4.76. The first-order valence-electron chi connectivity index (χ1n) is 9.03. The van der Waals surface area contributed by atoms with Crippen LogP contribution in [0.5, 0.6) is 0 Å². The van der Waals surface area contributed by atoms with Crippen LogP contribution in [0.3, 0.4) is 0 Å². The van der Waals surface area contributed by atoms with Gasteiger partial charge in [0.25, 0.3) is 0 Å². The molecule has 3 atom stereocenters. The molecule has 1 heterocycles. The summed E-state index contributed by atoms with van der Waals surface area (Å²) in [6.45, 7) is 22.9. The average molecular weight is 375 g/mol. The van der Waals surface area contributed by atoms with Crippen molar-refractivity contribution in [1.82, 2.24) is 0 Å². The van der Waals surface area contributed by atoms with Crippen LogP contribution in [-0.4, -0.2) is 47.8 Å². The van der Waals surface area contributed by atoms with E-state index >= 15 is 0 Å². The molecule has 0 aromatic carbocycles. The molecule has 142 valence electrons. The summed E-state index contributed by atoms with van der Waals surface area (Å²) in [5.74, 6) is 0. The number of aldehydes is 1. The normalized spacial score (nSPS) is 26.7. The zero-order chi connectivity index (χ0) is 19.0. The van der Waals surface area contributed by atoms with E-state index in [1.807, 2.05) is 0 Å². The lowest BCUT2D eigenvalue weighted by atomic mass is 10.1. The van der Waals surface area contributed by atoms with Gasteiger partial charge < -0.3 is 18.4 Å². The molecule has 1 aliphatic heterocycles. The highest BCUT2D eigenvalue weighted by Crippen LogP contribution is 2.40. The number of hydrogen-bond donors (Lipinski definition) is 0. The van der Waals surface area contributed by atoms with Crippen molar-refractivity contribution in [2.45, 2.75) is 103 Å². The predicted molar refractivity (Wildman–Crippen MR) is 105 cm³/mol. The maximum absolute atomic E-state index is 11.2. The number of ether oxygens (including phenoxy) is 1.